The molecule has 1 aromatic carbocycles. The van der Waals surface area contributed by atoms with Gasteiger partial charge in [0.2, 0.25) is 5.91 Å². The molecule has 0 aliphatic carbocycles. The largest absolute Gasteiger partial charge is 0.497 e. The van der Waals surface area contributed by atoms with Gasteiger partial charge in [-0.1, -0.05) is 12.1 Å². The van der Waals surface area contributed by atoms with Crippen molar-refractivity contribution >= 4 is 22.8 Å². The van der Waals surface area contributed by atoms with Gasteiger partial charge in [0, 0.05) is 37.9 Å². The van der Waals surface area contributed by atoms with Crippen LogP contribution in [0.15, 0.2) is 48.9 Å². The lowest BCUT2D eigenvalue weighted by molar-refractivity contribution is -0.125. The molecule has 0 unspecified atom stereocenters. The highest BCUT2D eigenvalue weighted by atomic mass is 16.5. The number of nitrogens with zero attached hydrogens (tertiary/aromatic N) is 4. The van der Waals surface area contributed by atoms with Crippen molar-refractivity contribution in [2.24, 2.45) is 5.92 Å². The second kappa shape index (κ2) is 8.21. The maximum Gasteiger partial charge on any atom is 0.223 e. The highest BCUT2D eigenvalue weighted by Crippen LogP contribution is 2.24. The number of benzene rings is 1. The molecule has 1 N–H and O–H groups in total. The van der Waals surface area contributed by atoms with Crippen molar-refractivity contribution in [3.8, 4) is 5.75 Å². The van der Waals surface area contributed by atoms with Crippen LogP contribution in [0.1, 0.15) is 18.4 Å². The van der Waals surface area contributed by atoms with E-state index in [9.17, 15) is 4.79 Å². The molecule has 28 heavy (non-hydrogen) atoms. The first-order chi connectivity index (χ1) is 13.7. The minimum atomic E-state index is 0.0371. The van der Waals surface area contributed by atoms with Crippen LogP contribution in [-0.2, 0) is 11.3 Å². The highest BCUT2D eigenvalue weighted by Gasteiger charge is 2.25. The van der Waals surface area contributed by atoms with E-state index < -0.39 is 0 Å². The summed E-state index contributed by atoms with van der Waals surface area (Å²) in [4.78, 5) is 27.7. The molecule has 0 bridgehead atoms. The van der Waals surface area contributed by atoms with E-state index >= 15 is 0 Å². The second-order valence-electron chi connectivity index (χ2n) is 6.92. The summed E-state index contributed by atoms with van der Waals surface area (Å²) in [5.41, 5.74) is 3.51. The smallest absolute Gasteiger partial charge is 0.223 e. The average molecular weight is 377 g/mol. The Morgan fingerprint density at radius 3 is 2.82 bits per heavy atom. The van der Waals surface area contributed by atoms with E-state index in [0.717, 1.165) is 48.4 Å². The van der Waals surface area contributed by atoms with Gasteiger partial charge in [-0.15, -0.1) is 0 Å². The van der Waals surface area contributed by atoms with Gasteiger partial charge in [-0.25, -0.2) is 9.97 Å². The number of pyridine rings is 1. The van der Waals surface area contributed by atoms with Crippen LogP contribution in [0.2, 0.25) is 0 Å². The van der Waals surface area contributed by atoms with Crippen LogP contribution in [0, 0.1) is 5.92 Å². The molecule has 3 aromatic rings. The van der Waals surface area contributed by atoms with Gasteiger partial charge >= 0.3 is 0 Å². The fraction of sp³-hybridized carbons (Fsp3) is 0.333. The van der Waals surface area contributed by atoms with E-state index in [1.807, 2.05) is 36.5 Å². The molecule has 0 radical (unpaired) electrons. The zero-order valence-corrected chi connectivity index (χ0v) is 15.8. The normalized spacial score (nSPS) is 14.8. The molecule has 1 saturated heterocycles. The molecular weight excluding hydrogens is 354 g/mol. The molecule has 3 heterocycles. The Bertz CT molecular complexity index is 970. The van der Waals surface area contributed by atoms with Crippen molar-refractivity contribution < 1.29 is 9.53 Å². The van der Waals surface area contributed by atoms with Crippen molar-refractivity contribution in [1.82, 2.24) is 20.3 Å². The fourth-order valence-corrected chi connectivity index (χ4v) is 3.54. The monoisotopic (exact) mass is 377 g/mol. The Balaban J connectivity index is 1.32. The Hall–Kier alpha value is -3.22. The molecule has 7 heteroatoms. The van der Waals surface area contributed by atoms with Gasteiger partial charge in [0.25, 0.3) is 0 Å². The van der Waals surface area contributed by atoms with E-state index in [0.29, 0.717) is 12.2 Å². The number of fused-ring (bicyclic) bond motifs is 1. The number of anilines is 1. The Labute approximate surface area is 163 Å². The molecule has 1 amide bonds. The van der Waals surface area contributed by atoms with E-state index in [1.165, 1.54) is 0 Å². The summed E-state index contributed by atoms with van der Waals surface area (Å²) in [6.07, 6.45) is 6.79. The van der Waals surface area contributed by atoms with Crippen LogP contribution < -0.4 is 15.0 Å². The van der Waals surface area contributed by atoms with Crippen LogP contribution >= 0.6 is 0 Å². The van der Waals surface area contributed by atoms with Crippen LogP contribution in [0.3, 0.4) is 0 Å². The topological polar surface area (TPSA) is 80.2 Å². The zero-order valence-electron chi connectivity index (χ0n) is 15.8. The van der Waals surface area contributed by atoms with Gasteiger partial charge in [0.1, 0.15) is 11.3 Å². The predicted octanol–water partition coefficient (Wildman–Crippen LogP) is 2.57. The predicted molar refractivity (Wildman–Crippen MR) is 107 cm³/mol. The number of aromatic nitrogens is 3. The van der Waals surface area contributed by atoms with Crippen LogP contribution in [0.5, 0.6) is 5.75 Å². The summed E-state index contributed by atoms with van der Waals surface area (Å²) in [6, 6.07) is 9.77. The molecule has 0 saturated carbocycles. The minimum absolute atomic E-state index is 0.0371. The molecule has 7 nitrogen and oxygen atoms in total. The Kier molecular flexibility index (Phi) is 5.32. The number of ether oxygens (including phenoxy) is 1. The van der Waals surface area contributed by atoms with Crippen molar-refractivity contribution in [2.45, 2.75) is 19.4 Å². The minimum Gasteiger partial charge on any atom is -0.497 e. The summed E-state index contributed by atoms with van der Waals surface area (Å²) in [7, 11) is 1.64. The lowest BCUT2D eigenvalue weighted by Gasteiger charge is -2.32. The number of nitrogens with one attached hydrogen (secondary N) is 1. The van der Waals surface area contributed by atoms with E-state index in [2.05, 4.69) is 25.2 Å². The summed E-state index contributed by atoms with van der Waals surface area (Å²) in [5.74, 6) is 0.953. The number of hydrogen-bond donors (Lipinski definition) is 1. The van der Waals surface area contributed by atoms with Gasteiger partial charge in [-0.3, -0.25) is 9.78 Å². The number of rotatable bonds is 5. The maximum atomic E-state index is 12.6. The van der Waals surface area contributed by atoms with Gasteiger partial charge < -0.3 is 15.0 Å². The summed E-state index contributed by atoms with van der Waals surface area (Å²) in [5, 5.41) is 3.06. The van der Waals surface area contributed by atoms with Crippen molar-refractivity contribution in [1.29, 1.82) is 0 Å². The molecule has 1 fully saturated rings. The summed E-state index contributed by atoms with van der Waals surface area (Å²) < 4.78 is 5.23. The number of piperidine rings is 1. The number of methoxy groups -OCH3 is 1. The third kappa shape index (κ3) is 4.03. The molecule has 1 aliphatic heterocycles. The summed E-state index contributed by atoms with van der Waals surface area (Å²) in [6.45, 7) is 2.17. The maximum absolute atomic E-state index is 12.6. The quantitative estimate of drug-likeness (QED) is 0.736. The lowest BCUT2D eigenvalue weighted by Crippen LogP contribution is -2.40. The van der Waals surface area contributed by atoms with Crippen LogP contribution in [0.4, 0.5) is 5.69 Å². The SMILES string of the molecule is COc1cccc(CNC(=O)C2CCN(c3cnc4nccnc4c3)CC2)c1. The third-order valence-corrected chi connectivity index (χ3v) is 5.14. The number of amides is 1. The van der Waals surface area contributed by atoms with Crippen molar-refractivity contribution in [3.63, 3.8) is 0 Å². The second-order valence-corrected chi connectivity index (χ2v) is 6.92. The van der Waals surface area contributed by atoms with Gasteiger partial charge in [0.05, 0.1) is 19.0 Å². The lowest BCUT2D eigenvalue weighted by atomic mass is 9.95. The Morgan fingerprint density at radius 2 is 2.00 bits per heavy atom. The third-order valence-electron chi connectivity index (χ3n) is 5.14. The molecule has 144 valence electrons. The molecule has 2 aromatic heterocycles. The molecule has 1 aliphatic rings. The highest BCUT2D eigenvalue weighted by molar-refractivity contribution is 5.79. The summed E-state index contributed by atoms with van der Waals surface area (Å²) >= 11 is 0. The first-order valence-corrected chi connectivity index (χ1v) is 9.45. The van der Waals surface area contributed by atoms with Gasteiger partial charge in [0.15, 0.2) is 5.65 Å². The van der Waals surface area contributed by atoms with E-state index in [4.69, 9.17) is 4.74 Å². The average Bonchev–Trinajstić information content (AvgIpc) is 2.77. The first kappa shape index (κ1) is 18.2. The van der Waals surface area contributed by atoms with E-state index in [-0.39, 0.29) is 11.8 Å². The number of hydrogen-bond acceptors (Lipinski definition) is 6. The van der Waals surface area contributed by atoms with Gasteiger partial charge in [-0.05, 0) is 36.6 Å². The molecule has 0 atom stereocenters. The standard InChI is InChI=1S/C21H23N5O2/c1-28-18-4-2-3-15(11-18)13-25-21(27)16-5-9-26(10-6-16)17-12-19-20(24-14-17)23-8-7-22-19/h2-4,7-8,11-12,14,16H,5-6,9-10,13H2,1H3,(H,25,27). The first-order valence-electron chi connectivity index (χ1n) is 9.45. The van der Waals surface area contributed by atoms with Crippen molar-refractivity contribution in [2.75, 3.05) is 25.1 Å². The zero-order chi connectivity index (χ0) is 19.3. The fourth-order valence-electron chi connectivity index (χ4n) is 3.54. The number of carbonyl (C=O) groups excluding carboxylic acids is 1. The molecule has 0 spiro atoms. The van der Waals surface area contributed by atoms with Crippen LogP contribution in [0.25, 0.3) is 11.2 Å². The Morgan fingerprint density at radius 1 is 1.18 bits per heavy atom. The van der Waals surface area contributed by atoms with Crippen LogP contribution in [-0.4, -0.2) is 41.1 Å². The van der Waals surface area contributed by atoms with Gasteiger partial charge in [-0.2, -0.15) is 0 Å². The van der Waals surface area contributed by atoms with Crippen molar-refractivity contribution in [3.05, 3.63) is 54.5 Å². The molecular formula is C21H23N5O2. The van der Waals surface area contributed by atoms with E-state index in [1.54, 1.807) is 19.5 Å². The number of carbonyl (C=O) groups is 1. The molecule has 4 rings (SSSR count).